The van der Waals surface area contributed by atoms with Crippen molar-refractivity contribution in [2.24, 2.45) is 5.92 Å². The monoisotopic (exact) mass is 257 g/mol. The Morgan fingerprint density at radius 1 is 1.29 bits per heavy atom. The van der Waals surface area contributed by atoms with Gasteiger partial charge in [-0.2, -0.15) is 0 Å². The van der Waals surface area contributed by atoms with E-state index in [-0.39, 0.29) is 22.3 Å². The lowest BCUT2D eigenvalue weighted by atomic mass is 10.2. The third kappa shape index (κ3) is 3.52. The summed E-state index contributed by atoms with van der Waals surface area (Å²) in [7, 11) is -3.34. The van der Waals surface area contributed by atoms with Crippen molar-refractivity contribution in [3.05, 3.63) is 34.4 Å². The molecule has 6 heteroatoms. The van der Waals surface area contributed by atoms with Gasteiger partial charge in [0.1, 0.15) is 0 Å². The van der Waals surface area contributed by atoms with Crippen molar-refractivity contribution in [1.29, 1.82) is 0 Å². The third-order valence-electron chi connectivity index (χ3n) is 2.61. The standard InChI is InChI=1S/C11H15NO4S/c1-3-9(2)8-17(15,16)11-6-4-10(5-7-11)12(13)14/h4-7,9H,3,8H2,1-2H3. The fourth-order valence-corrected chi connectivity index (χ4v) is 3.09. The van der Waals surface area contributed by atoms with E-state index in [2.05, 4.69) is 0 Å². The number of sulfone groups is 1. The topological polar surface area (TPSA) is 77.3 Å². The van der Waals surface area contributed by atoms with Crippen LogP contribution in [0.25, 0.3) is 0 Å². The van der Waals surface area contributed by atoms with Crippen LogP contribution in [0.3, 0.4) is 0 Å². The van der Waals surface area contributed by atoms with Crippen LogP contribution in [0.1, 0.15) is 20.3 Å². The zero-order valence-corrected chi connectivity index (χ0v) is 10.6. The Morgan fingerprint density at radius 2 is 1.82 bits per heavy atom. The minimum absolute atomic E-state index is 0.0707. The Labute approximate surface area is 101 Å². The molecule has 1 atom stereocenters. The van der Waals surface area contributed by atoms with Gasteiger partial charge in [-0.15, -0.1) is 0 Å². The highest BCUT2D eigenvalue weighted by Gasteiger charge is 2.18. The van der Waals surface area contributed by atoms with Gasteiger partial charge in [0.25, 0.3) is 5.69 Å². The summed E-state index contributed by atoms with van der Waals surface area (Å²) >= 11 is 0. The first-order chi connectivity index (χ1) is 7.86. The minimum Gasteiger partial charge on any atom is -0.258 e. The van der Waals surface area contributed by atoms with Crippen molar-refractivity contribution in [2.75, 3.05) is 5.75 Å². The second-order valence-corrected chi connectivity index (χ2v) is 6.08. The van der Waals surface area contributed by atoms with Gasteiger partial charge < -0.3 is 0 Å². The number of nitro groups is 1. The first-order valence-corrected chi connectivity index (χ1v) is 6.99. The maximum Gasteiger partial charge on any atom is 0.269 e. The number of benzene rings is 1. The molecule has 0 bridgehead atoms. The molecule has 1 aromatic rings. The average molecular weight is 257 g/mol. The first-order valence-electron chi connectivity index (χ1n) is 5.34. The van der Waals surface area contributed by atoms with Crippen LogP contribution >= 0.6 is 0 Å². The molecule has 0 spiro atoms. The summed E-state index contributed by atoms with van der Waals surface area (Å²) in [4.78, 5) is 10.0. The lowest BCUT2D eigenvalue weighted by Gasteiger charge is -2.09. The Balaban J connectivity index is 2.96. The summed E-state index contributed by atoms with van der Waals surface area (Å²) in [6.45, 7) is 3.79. The number of nitro benzene ring substituents is 1. The Bertz CT molecular complexity index is 493. The molecular formula is C11H15NO4S. The summed E-state index contributed by atoms with van der Waals surface area (Å²) in [5.74, 6) is 0.150. The molecule has 0 N–H and O–H groups in total. The van der Waals surface area contributed by atoms with Gasteiger partial charge in [-0.1, -0.05) is 20.3 Å². The smallest absolute Gasteiger partial charge is 0.258 e. The lowest BCUT2D eigenvalue weighted by molar-refractivity contribution is -0.384. The van der Waals surface area contributed by atoms with Gasteiger partial charge >= 0.3 is 0 Å². The first kappa shape index (κ1) is 13.6. The summed E-state index contributed by atoms with van der Waals surface area (Å²) < 4.78 is 23.8. The normalized spacial score (nSPS) is 13.3. The van der Waals surface area contributed by atoms with Crippen molar-refractivity contribution in [1.82, 2.24) is 0 Å². The predicted octanol–water partition coefficient (Wildman–Crippen LogP) is 2.41. The zero-order valence-electron chi connectivity index (χ0n) is 9.79. The number of hydrogen-bond acceptors (Lipinski definition) is 4. The third-order valence-corrected chi connectivity index (χ3v) is 4.61. The van der Waals surface area contributed by atoms with Crippen molar-refractivity contribution < 1.29 is 13.3 Å². The lowest BCUT2D eigenvalue weighted by Crippen LogP contribution is -2.13. The minimum atomic E-state index is -3.34. The Morgan fingerprint density at radius 3 is 2.24 bits per heavy atom. The largest absolute Gasteiger partial charge is 0.269 e. The maximum absolute atomic E-state index is 11.9. The van der Waals surface area contributed by atoms with Crippen molar-refractivity contribution in [3.8, 4) is 0 Å². The number of nitrogens with zero attached hydrogens (tertiary/aromatic N) is 1. The molecule has 0 amide bonds. The molecule has 0 aromatic heterocycles. The van der Waals surface area contributed by atoms with E-state index >= 15 is 0 Å². The maximum atomic E-state index is 11.9. The van der Waals surface area contributed by atoms with Crippen LogP contribution in [0.15, 0.2) is 29.2 Å². The van der Waals surface area contributed by atoms with E-state index in [0.717, 1.165) is 6.42 Å². The van der Waals surface area contributed by atoms with Crippen LogP contribution in [0.2, 0.25) is 0 Å². The summed E-state index contributed by atoms with van der Waals surface area (Å²) in [5, 5.41) is 10.4. The molecule has 0 saturated carbocycles. The molecule has 1 unspecified atom stereocenters. The van der Waals surface area contributed by atoms with Gasteiger partial charge in [0.05, 0.1) is 15.6 Å². The van der Waals surface area contributed by atoms with E-state index in [0.29, 0.717) is 0 Å². The second kappa shape index (κ2) is 5.27. The molecule has 17 heavy (non-hydrogen) atoms. The van der Waals surface area contributed by atoms with Gasteiger partial charge in [0, 0.05) is 12.1 Å². The highest BCUT2D eigenvalue weighted by atomic mass is 32.2. The molecule has 0 aliphatic rings. The van der Waals surface area contributed by atoms with Crippen molar-refractivity contribution in [3.63, 3.8) is 0 Å². The van der Waals surface area contributed by atoms with E-state index in [9.17, 15) is 18.5 Å². The Hall–Kier alpha value is -1.43. The van der Waals surface area contributed by atoms with E-state index in [4.69, 9.17) is 0 Å². The van der Waals surface area contributed by atoms with E-state index < -0.39 is 14.8 Å². The van der Waals surface area contributed by atoms with Crippen LogP contribution < -0.4 is 0 Å². The molecule has 0 fully saturated rings. The molecule has 94 valence electrons. The predicted molar refractivity (Wildman–Crippen MR) is 64.6 cm³/mol. The fraction of sp³-hybridized carbons (Fsp3) is 0.455. The molecular weight excluding hydrogens is 242 g/mol. The van der Waals surface area contributed by atoms with E-state index in [1.54, 1.807) is 0 Å². The number of hydrogen-bond donors (Lipinski definition) is 0. The van der Waals surface area contributed by atoms with E-state index in [1.807, 2.05) is 13.8 Å². The van der Waals surface area contributed by atoms with E-state index in [1.165, 1.54) is 24.3 Å². The average Bonchev–Trinajstić information content (AvgIpc) is 2.28. The van der Waals surface area contributed by atoms with Crippen LogP contribution in [-0.4, -0.2) is 19.1 Å². The summed E-state index contributed by atoms with van der Waals surface area (Å²) in [5.41, 5.74) is -0.104. The molecule has 0 heterocycles. The zero-order chi connectivity index (χ0) is 13.1. The van der Waals surface area contributed by atoms with Crippen molar-refractivity contribution >= 4 is 15.5 Å². The molecule has 1 aromatic carbocycles. The fourth-order valence-electron chi connectivity index (χ4n) is 1.36. The van der Waals surface area contributed by atoms with Crippen LogP contribution in [0.5, 0.6) is 0 Å². The second-order valence-electron chi connectivity index (χ2n) is 4.05. The quantitative estimate of drug-likeness (QED) is 0.599. The highest BCUT2D eigenvalue weighted by Crippen LogP contribution is 2.19. The van der Waals surface area contributed by atoms with Gasteiger partial charge in [0.2, 0.25) is 0 Å². The van der Waals surface area contributed by atoms with Crippen molar-refractivity contribution in [2.45, 2.75) is 25.2 Å². The number of non-ortho nitro benzene ring substituents is 1. The summed E-state index contributed by atoms with van der Waals surface area (Å²) in [6, 6.07) is 5.00. The van der Waals surface area contributed by atoms with Crippen LogP contribution in [-0.2, 0) is 9.84 Å². The van der Waals surface area contributed by atoms with Crippen LogP contribution in [0.4, 0.5) is 5.69 Å². The molecule has 0 aliphatic carbocycles. The van der Waals surface area contributed by atoms with Gasteiger partial charge in [-0.25, -0.2) is 8.42 Å². The number of rotatable bonds is 5. The Kier molecular flexibility index (Phi) is 4.22. The van der Waals surface area contributed by atoms with Gasteiger partial charge in [-0.05, 0) is 18.1 Å². The molecule has 5 nitrogen and oxygen atoms in total. The SMILES string of the molecule is CCC(C)CS(=O)(=O)c1ccc([N+](=O)[O-])cc1. The summed E-state index contributed by atoms with van der Waals surface area (Å²) in [6.07, 6.45) is 0.784. The van der Waals surface area contributed by atoms with Gasteiger partial charge in [0.15, 0.2) is 9.84 Å². The molecule has 1 rings (SSSR count). The highest BCUT2D eigenvalue weighted by molar-refractivity contribution is 7.91. The molecule has 0 aliphatic heterocycles. The van der Waals surface area contributed by atoms with Gasteiger partial charge in [-0.3, -0.25) is 10.1 Å². The molecule has 0 saturated heterocycles. The molecule has 0 radical (unpaired) electrons. The van der Waals surface area contributed by atoms with Crippen LogP contribution in [0, 0.1) is 16.0 Å².